The van der Waals surface area contributed by atoms with Crippen LogP contribution < -0.4 is 14.8 Å². The lowest BCUT2D eigenvalue weighted by Gasteiger charge is -2.15. The summed E-state index contributed by atoms with van der Waals surface area (Å²) in [6.07, 6.45) is 6.54. The lowest BCUT2D eigenvalue weighted by molar-refractivity contribution is 0.298. The van der Waals surface area contributed by atoms with Gasteiger partial charge in [-0.15, -0.1) is 0 Å². The van der Waals surface area contributed by atoms with Crippen molar-refractivity contribution in [3.05, 3.63) is 78.1 Å². The van der Waals surface area contributed by atoms with E-state index in [4.69, 9.17) is 9.47 Å². The summed E-state index contributed by atoms with van der Waals surface area (Å²) in [7, 11) is 0. The van der Waals surface area contributed by atoms with Gasteiger partial charge < -0.3 is 14.8 Å². The van der Waals surface area contributed by atoms with Gasteiger partial charge in [-0.05, 0) is 85.5 Å². The van der Waals surface area contributed by atoms with Gasteiger partial charge in [-0.1, -0.05) is 26.0 Å². The molecular formula is C27H32N2O2. The summed E-state index contributed by atoms with van der Waals surface area (Å²) in [4.78, 5) is 4.33. The smallest absolute Gasteiger partial charge is 0.130 e. The number of nitrogens with zero attached hydrogens (tertiary/aromatic N) is 1. The third-order valence-corrected chi connectivity index (χ3v) is 5.46. The number of hydrogen-bond acceptors (Lipinski definition) is 4. The van der Waals surface area contributed by atoms with Gasteiger partial charge in [0.25, 0.3) is 0 Å². The number of ether oxygens (including phenoxy) is 2. The molecule has 3 aromatic rings. The van der Waals surface area contributed by atoms with Gasteiger partial charge in [-0.25, -0.2) is 0 Å². The Bertz CT molecular complexity index is 968. The minimum atomic E-state index is 0.480. The summed E-state index contributed by atoms with van der Waals surface area (Å²) in [5.74, 6) is 3.13. The van der Waals surface area contributed by atoms with E-state index in [1.807, 2.05) is 36.4 Å². The first-order chi connectivity index (χ1) is 15.2. The Kier molecular flexibility index (Phi) is 7.08. The molecule has 1 heterocycles. The molecule has 4 rings (SSSR count). The van der Waals surface area contributed by atoms with Crippen molar-refractivity contribution in [3.63, 3.8) is 0 Å². The Morgan fingerprint density at radius 1 is 0.968 bits per heavy atom. The monoisotopic (exact) mass is 416 g/mol. The van der Waals surface area contributed by atoms with Crippen LogP contribution in [-0.4, -0.2) is 11.6 Å². The van der Waals surface area contributed by atoms with Crippen molar-refractivity contribution < 1.29 is 9.47 Å². The molecule has 162 valence electrons. The van der Waals surface area contributed by atoms with Gasteiger partial charge >= 0.3 is 0 Å². The van der Waals surface area contributed by atoms with E-state index in [2.05, 4.69) is 48.4 Å². The first-order valence-electron chi connectivity index (χ1n) is 11.3. The maximum atomic E-state index is 6.00. The Labute approximate surface area is 185 Å². The molecule has 0 amide bonds. The lowest BCUT2D eigenvalue weighted by Crippen LogP contribution is -2.01. The van der Waals surface area contributed by atoms with Crippen molar-refractivity contribution >= 4 is 11.4 Å². The summed E-state index contributed by atoms with van der Waals surface area (Å²) in [5.41, 5.74) is 4.44. The minimum absolute atomic E-state index is 0.480. The van der Waals surface area contributed by atoms with Crippen molar-refractivity contribution in [3.8, 4) is 11.5 Å². The maximum Gasteiger partial charge on any atom is 0.130 e. The molecule has 31 heavy (non-hydrogen) atoms. The fourth-order valence-corrected chi connectivity index (χ4v) is 3.62. The predicted octanol–water partition coefficient (Wildman–Crippen LogP) is 7.10. The number of nitrogens with one attached hydrogen (secondary N) is 1. The zero-order valence-electron chi connectivity index (χ0n) is 18.5. The zero-order chi connectivity index (χ0) is 21.5. The molecule has 1 saturated carbocycles. The van der Waals surface area contributed by atoms with E-state index in [1.54, 1.807) is 6.20 Å². The highest BCUT2D eigenvalue weighted by atomic mass is 16.5. The zero-order valence-corrected chi connectivity index (χ0v) is 18.5. The first-order valence-corrected chi connectivity index (χ1v) is 11.3. The molecule has 1 aromatic heterocycles. The Balaban J connectivity index is 1.40. The van der Waals surface area contributed by atoms with Crippen molar-refractivity contribution in [2.75, 3.05) is 11.9 Å². The molecule has 1 aliphatic rings. The van der Waals surface area contributed by atoms with Gasteiger partial charge in [0.2, 0.25) is 0 Å². The van der Waals surface area contributed by atoms with Gasteiger partial charge in [0.1, 0.15) is 18.1 Å². The summed E-state index contributed by atoms with van der Waals surface area (Å²) in [6.45, 7) is 5.74. The van der Waals surface area contributed by atoms with Crippen LogP contribution in [0, 0.1) is 5.92 Å². The molecule has 1 aliphatic carbocycles. The van der Waals surface area contributed by atoms with E-state index in [0.29, 0.717) is 18.4 Å². The van der Waals surface area contributed by atoms with Crippen LogP contribution in [0.15, 0.2) is 66.9 Å². The summed E-state index contributed by atoms with van der Waals surface area (Å²) in [6, 6.07) is 20.4. The number of hydrogen-bond donors (Lipinski definition) is 1. The van der Waals surface area contributed by atoms with Crippen molar-refractivity contribution in [2.24, 2.45) is 5.92 Å². The average molecular weight is 417 g/mol. The molecule has 1 N–H and O–H groups in total. The lowest BCUT2D eigenvalue weighted by atomic mass is 10.1. The molecule has 0 aliphatic heterocycles. The van der Waals surface area contributed by atoms with E-state index >= 15 is 0 Å². The van der Waals surface area contributed by atoms with Crippen LogP contribution in [-0.2, 0) is 6.61 Å². The largest absolute Gasteiger partial charge is 0.494 e. The van der Waals surface area contributed by atoms with Crippen LogP contribution in [0.4, 0.5) is 11.4 Å². The molecule has 2 aromatic carbocycles. The third kappa shape index (κ3) is 6.48. The van der Waals surface area contributed by atoms with Crippen molar-refractivity contribution in [1.82, 2.24) is 4.98 Å². The molecule has 4 nitrogen and oxygen atoms in total. The van der Waals surface area contributed by atoms with Crippen LogP contribution in [0.25, 0.3) is 0 Å². The fraction of sp³-hybridized carbons (Fsp3) is 0.370. The number of anilines is 2. The van der Waals surface area contributed by atoms with Gasteiger partial charge in [-0.2, -0.15) is 0 Å². The maximum absolute atomic E-state index is 6.00. The van der Waals surface area contributed by atoms with E-state index in [0.717, 1.165) is 41.6 Å². The average Bonchev–Trinajstić information content (AvgIpc) is 3.62. The highest BCUT2D eigenvalue weighted by Crippen LogP contribution is 2.45. The number of aromatic nitrogens is 1. The topological polar surface area (TPSA) is 43.4 Å². The standard InChI is InChI=1S/C27H32N2O2/c1-20(2)7-6-16-30-24-10-5-9-22(17-24)29-27-14-13-25(18-26(27)21-11-12-21)31-19-23-8-3-4-15-28-23/h3-5,8-10,13-15,17-18,20-21,29H,6-7,11-12,16,19H2,1-2H3. The Morgan fingerprint density at radius 2 is 1.84 bits per heavy atom. The van der Waals surface area contributed by atoms with Gasteiger partial charge in [0.15, 0.2) is 0 Å². The van der Waals surface area contributed by atoms with E-state index in [-0.39, 0.29) is 0 Å². The van der Waals surface area contributed by atoms with E-state index in [9.17, 15) is 0 Å². The normalized spacial score (nSPS) is 13.3. The molecule has 0 saturated heterocycles. The Hall–Kier alpha value is -3.01. The minimum Gasteiger partial charge on any atom is -0.494 e. The summed E-state index contributed by atoms with van der Waals surface area (Å²) in [5, 5.41) is 3.60. The van der Waals surface area contributed by atoms with Crippen LogP contribution in [0.3, 0.4) is 0 Å². The molecule has 0 spiro atoms. The van der Waals surface area contributed by atoms with Crippen LogP contribution in [0.2, 0.25) is 0 Å². The Morgan fingerprint density at radius 3 is 2.61 bits per heavy atom. The van der Waals surface area contributed by atoms with Gasteiger partial charge in [0.05, 0.1) is 12.3 Å². The second kappa shape index (κ2) is 10.3. The highest BCUT2D eigenvalue weighted by Gasteiger charge is 2.26. The van der Waals surface area contributed by atoms with Crippen LogP contribution in [0.5, 0.6) is 11.5 Å². The second-order valence-corrected chi connectivity index (χ2v) is 8.67. The molecule has 4 heteroatoms. The molecule has 0 bridgehead atoms. The second-order valence-electron chi connectivity index (χ2n) is 8.67. The van der Waals surface area contributed by atoms with Crippen LogP contribution >= 0.6 is 0 Å². The summed E-state index contributed by atoms with van der Waals surface area (Å²) < 4.78 is 11.9. The number of rotatable bonds is 11. The van der Waals surface area contributed by atoms with Crippen LogP contribution in [0.1, 0.15) is 56.7 Å². The van der Waals surface area contributed by atoms with Crippen molar-refractivity contribution in [2.45, 2.75) is 52.1 Å². The van der Waals surface area contributed by atoms with Gasteiger partial charge in [-0.3, -0.25) is 4.98 Å². The molecule has 0 atom stereocenters. The fourth-order valence-electron chi connectivity index (χ4n) is 3.62. The van der Waals surface area contributed by atoms with Gasteiger partial charge in [0, 0.05) is 23.6 Å². The molecule has 0 unspecified atom stereocenters. The van der Waals surface area contributed by atoms with E-state index < -0.39 is 0 Å². The quantitative estimate of drug-likeness (QED) is 0.339. The molecule has 0 radical (unpaired) electrons. The predicted molar refractivity (Wildman–Crippen MR) is 126 cm³/mol. The SMILES string of the molecule is CC(C)CCCOc1cccc(Nc2ccc(OCc3ccccn3)cc2C2CC2)c1. The van der Waals surface area contributed by atoms with Crippen molar-refractivity contribution in [1.29, 1.82) is 0 Å². The highest BCUT2D eigenvalue weighted by molar-refractivity contribution is 5.66. The molecular weight excluding hydrogens is 384 g/mol. The third-order valence-electron chi connectivity index (χ3n) is 5.46. The van der Waals surface area contributed by atoms with E-state index in [1.165, 1.54) is 24.8 Å². The number of benzene rings is 2. The number of pyridine rings is 1. The summed E-state index contributed by atoms with van der Waals surface area (Å²) >= 11 is 0. The molecule has 1 fully saturated rings. The first kappa shape index (κ1) is 21.2.